The van der Waals surface area contributed by atoms with Crippen molar-refractivity contribution in [2.24, 2.45) is 0 Å². The first-order chi connectivity index (χ1) is 13.9. The standard InChI is InChI=1S/C22H22N4O3/c1-14-3-5-16(6-4-14)13-25-10-9-20(22(25)27)24-21-11-15(2)23-19-8-7-17(26(28)29)12-18(19)21/h3-8,11-12,20H,9-10,13H2,1-2H3,(H,23,24). The Morgan fingerprint density at radius 2 is 1.93 bits per heavy atom. The number of amides is 1. The van der Waals surface area contributed by atoms with Gasteiger partial charge in [0.1, 0.15) is 6.04 Å². The minimum absolute atomic E-state index is 0.00458. The van der Waals surface area contributed by atoms with E-state index in [9.17, 15) is 14.9 Å². The van der Waals surface area contributed by atoms with Gasteiger partial charge < -0.3 is 10.2 Å². The molecule has 29 heavy (non-hydrogen) atoms. The first kappa shape index (κ1) is 18.9. The van der Waals surface area contributed by atoms with Crippen molar-refractivity contribution in [1.82, 2.24) is 9.88 Å². The first-order valence-electron chi connectivity index (χ1n) is 9.57. The van der Waals surface area contributed by atoms with E-state index < -0.39 is 4.92 Å². The predicted octanol–water partition coefficient (Wildman–Crippen LogP) is 3.97. The summed E-state index contributed by atoms with van der Waals surface area (Å²) < 4.78 is 0. The largest absolute Gasteiger partial charge is 0.373 e. The number of benzene rings is 2. The second kappa shape index (κ2) is 7.50. The molecule has 7 heteroatoms. The molecule has 1 N–H and O–H groups in total. The molecule has 0 bridgehead atoms. The van der Waals surface area contributed by atoms with Gasteiger partial charge >= 0.3 is 0 Å². The number of nitrogens with zero attached hydrogens (tertiary/aromatic N) is 3. The van der Waals surface area contributed by atoms with Gasteiger partial charge in [0.05, 0.1) is 10.4 Å². The minimum Gasteiger partial charge on any atom is -0.373 e. The summed E-state index contributed by atoms with van der Waals surface area (Å²) >= 11 is 0. The smallest absolute Gasteiger partial charge is 0.270 e. The maximum Gasteiger partial charge on any atom is 0.270 e. The summed E-state index contributed by atoms with van der Waals surface area (Å²) in [4.78, 5) is 30.0. The molecule has 2 aromatic carbocycles. The third kappa shape index (κ3) is 3.89. The van der Waals surface area contributed by atoms with Crippen molar-refractivity contribution in [3.05, 3.63) is 75.5 Å². The van der Waals surface area contributed by atoms with E-state index in [1.807, 2.05) is 49.1 Å². The summed E-state index contributed by atoms with van der Waals surface area (Å²) in [6.45, 7) is 5.16. The molecular weight excluding hydrogens is 368 g/mol. The summed E-state index contributed by atoms with van der Waals surface area (Å²) in [7, 11) is 0. The number of likely N-dealkylation sites (tertiary alicyclic amines) is 1. The Morgan fingerprint density at radius 3 is 2.66 bits per heavy atom. The van der Waals surface area contributed by atoms with Crippen LogP contribution in [0.3, 0.4) is 0 Å². The number of carbonyl (C=O) groups excluding carboxylic acids is 1. The number of pyridine rings is 1. The molecule has 1 atom stereocenters. The molecule has 1 amide bonds. The summed E-state index contributed by atoms with van der Waals surface area (Å²) in [6.07, 6.45) is 0.683. The molecule has 1 saturated heterocycles. The lowest BCUT2D eigenvalue weighted by atomic mass is 10.1. The fourth-order valence-corrected chi connectivity index (χ4v) is 3.71. The molecule has 1 aromatic heterocycles. The highest BCUT2D eigenvalue weighted by Gasteiger charge is 2.32. The Hall–Kier alpha value is -3.48. The van der Waals surface area contributed by atoms with E-state index in [0.717, 1.165) is 11.3 Å². The zero-order chi connectivity index (χ0) is 20.5. The monoisotopic (exact) mass is 390 g/mol. The van der Waals surface area contributed by atoms with Crippen molar-refractivity contribution in [3.63, 3.8) is 0 Å². The minimum atomic E-state index is -0.424. The predicted molar refractivity (Wildman–Crippen MR) is 112 cm³/mol. The molecule has 1 fully saturated rings. The first-order valence-corrected chi connectivity index (χ1v) is 9.57. The van der Waals surface area contributed by atoms with Crippen LogP contribution in [-0.4, -0.2) is 33.3 Å². The van der Waals surface area contributed by atoms with Gasteiger partial charge in [-0.1, -0.05) is 29.8 Å². The summed E-state index contributed by atoms with van der Waals surface area (Å²) in [5, 5.41) is 15.1. The Labute approximate surface area is 168 Å². The molecule has 0 radical (unpaired) electrons. The fourth-order valence-electron chi connectivity index (χ4n) is 3.71. The van der Waals surface area contributed by atoms with Gasteiger partial charge in [-0.3, -0.25) is 19.9 Å². The molecule has 4 rings (SSSR count). The topological polar surface area (TPSA) is 88.4 Å². The molecule has 0 saturated carbocycles. The van der Waals surface area contributed by atoms with E-state index in [0.29, 0.717) is 36.1 Å². The fraction of sp³-hybridized carbons (Fsp3) is 0.273. The maximum absolute atomic E-state index is 12.9. The van der Waals surface area contributed by atoms with Crippen LogP contribution in [0.5, 0.6) is 0 Å². The number of aromatic nitrogens is 1. The van der Waals surface area contributed by atoms with Gasteiger partial charge in [-0.2, -0.15) is 0 Å². The van der Waals surface area contributed by atoms with E-state index in [1.165, 1.54) is 17.7 Å². The lowest BCUT2D eigenvalue weighted by Crippen LogP contribution is -2.33. The summed E-state index contributed by atoms with van der Waals surface area (Å²) in [5.41, 5.74) is 4.45. The Kier molecular flexibility index (Phi) is 4.88. The van der Waals surface area contributed by atoms with Crippen LogP contribution in [0.4, 0.5) is 11.4 Å². The number of nitrogens with one attached hydrogen (secondary N) is 1. The van der Waals surface area contributed by atoms with Gasteiger partial charge in [0.25, 0.3) is 5.69 Å². The number of carbonyl (C=O) groups is 1. The van der Waals surface area contributed by atoms with Crippen molar-refractivity contribution in [2.45, 2.75) is 32.9 Å². The number of nitro benzene ring substituents is 1. The second-order valence-corrected chi connectivity index (χ2v) is 7.50. The molecule has 1 aliphatic rings. The number of hydrogen-bond acceptors (Lipinski definition) is 5. The molecule has 2 heterocycles. The van der Waals surface area contributed by atoms with Crippen molar-refractivity contribution in [2.75, 3.05) is 11.9 Å². The lowest BCUT2D eigenvalue weighted by molar-refractivity contribution is -0.384. The third-order valence-corrected chi connectivity index (χ3v) is 5.25. The van der Waals surface area contributed by atoms with Crippen molar-refractivity contribution >= 4 is 28.2 Å². The van der Waals surface area contributed by atoms with Gasteiger partial charge in [0.2, 0.25) is 5.91 Å². The average Bonchev–Trinajstić information content (AvgIpc) is 3.02. The molecule has 1 aliphatic heterocycles. The van der Waals surface area contributed by atoms with Crippen LogP contribution in [0.1, 0.15) is 23.2 Å². The van der Waals surface area contributed by atoms with Crippen LogP contribution in [-0.2, 0) is 11.3 Å². The molecule has 148 valence electrons. The Bertz CT molecular complexity index is 1100. The maximum atomic E-state index is 12.9. The van der Waals surface area contributed by atoms with Crippen LogP contribution in [0.15, 0.2) is 48.5 Å². The third-order valence-electron chi connectivity index (χ3n) is 5.25. The van der Waals surface area contributed by atoms with E-state index in [1.54, 1.807) is 6.07 Å². The number of hydrogen-bond donors (Lipinski definition) is 1. The molecule has 1 unspecified atom stereocenters. The number of nitro groups is 1. The zero-order valence-corrected chi connectivity index (χ0v) is 16.4. The normalized spacial score (nSPS) is 16.4. The van der Waals surface area contributed by atoms with Crippen molar-refractivity contribution < 1.29 is 9.72 Å². The molecule has 0 aliphatic carbocycles. The highest BCUT2D eigenvalue weighted by Crippen LogP contribution is 2.29. The van der Waals surface area contributed by atoms with E-state index >= 15 is 0 Å². The Morgan fingerprint density at radius 1 is 1.17 bits per heavy atom. The number of anilines is 1. The quantitative estimate of drug-likeness (QED) is 0.526. The summed E-state index contributed by atoms with van der Waals surface area (Å²) in [5.74, 6) is 0.0404. The van der Waals surface area contributed by atoms with E-state index in [-0.39, 0.29) is 17.6 Å². The number of rotatable bonds is 5. The Balaban J connectivity index is 1.56. The van der Waals surface area contributed by atoms with E-state index in [4.69, 9.17) is 0 Å². The van der Waals surface area contributed by atoms with Crippen LogP contribution < -0.4 is 5.32 Å². The van der Waals surface area contributed by atoms with Crippen LogP contribution >= 0.6 is 0 Å². The van der Waals surface area contributed by atoms with Crippen molar-refractivity contribution in [1.29, 1.82) is 0 Å². The summed E-state index contributed by atoms with van der Waals surface area (Å²) in [6, 6.07) is 14.3. The van der Waals surface area contributed by atoms with Gasteiger partial charge in [0, 0.05) is 42.0 Å². The number of aryl methyl sites for hydroxylation is 2. The molecule has 7 nitrogen and oxygen atoms in total. The molecule has 0 spiro atoms. The molecular formula is C22H22N4O3. The average molecular weight is 390 g/mol. The number of fused-ring (bicyclic) bond motifs is 1. The van der Waals surface area contributed by atoms with Crippen LogP contribution in [0.2, 0.25) is 0 Å². The van der Waals surface area contributed by atoms with Gasteiger partial charge in [-0.15, -0.1) is 0 Å². The molecule has 3 aromatic rings. The zero-order valence-electron chi connectivity index (χ0n) is 16.4. The lowest BCUT2D eigenvalue weighted by Gasteiger charge is -2.19. The second-order valence-electron chi connectivity index (χ2n) is 7.50. The number of non-ortho nitro benzene ring substituents is 1. The van der Waals surface area contributed by atoms with Crippen LogP contribution in [0.25, 0.3) is 10.9 Å². The van der Waals surface area contributed by atoms with Gasteiger partial charge in [-0.05, 0) is 38.0 Å². The van der Waals surface area contributed by atoms with Gasteiger partial charge in [-0.25, -0.2) is 0 Å². The highest BCUT2D eigenvalue weighted by atomic mass is 16.6. The van der Waals surface area contributed by atoms with E-state index in [2.05, 4.69) is 10.3 Å². The highest BCUT2D eigenvalue weighted by molar-refractivity contribution is 5.96. The van der Waals surface area contributed by atoms with Crippen molar-refractivity contribution in [3.8, 4) is 0 Å². The van der Waals surface area contributed by atoms with Gasteiger partial charge in [0.15, 0.2) is 0 Å². The SMILES string of the molecule is Cc1ccc(CN2CCC(Nc3cc(C)nc4ccc([N+](=O)[O-])cc34)C2=O)cc1. The van der Waals surface area contributed by atoms with Crippen LogP contribution in [0, 0.1) is 24.0 Å².